The van der Waals surface area contributed by atoms with Crippen LogP contribution in [0.5, 0.6) is 11.5 Å². The summed E-state index contributed by atoms with van der Waals surface area (Å²) < 4.78 is 16.5. The van der Waals surface area contributed by atoms with Gasteiger partial charge in [-0.15, -0.1) is 21.5 Å². The lowest BCUT2D eigenvalue weighted by Crippen LogP contribution is -1.90. The molecule has 2 aromatic carbocycles. The van der Waals surface area contributed by atoms with Gasteiger partial charge in [0.2, 0.25) is 5.89 Å². The predicted molar refractivity (Wildman–Crippen MR) is 110 cm³/mol. The van der Waals surface area contributed by atoms with Crippen LogP contribution in [0.15, 0.2) is 63.6 Å². The monoisotopic (exact) mass is 411 g/mol. The molecule has 0 aliphatic rings. The molecule has 4 rings (SSSR count). The minimum Gasteiger partial charge on any atom is -0.497 e. The first kappa shape index (κ1) is 18.5. The van der Waals surface area contributed by atoms with Crippen molar-refractivity contribution in [1.82, 2.24) is 15.2 Å². The maximum atomic E-state index is 5.73. The SMILES string of the molecule is COc1ccc(-c2nc(CSc3nnc(-c4ccccc4)o3)cs2)c(OC)c1. The summed E-state index contributed by atoms with van der Waals surface area (Å²) in [6, 6.07) is 15.4. The van der Waals surface area contributed by atoms with Crippen molar-refractivity contribution in [1.29, 1.82) is 0 Å². The van der Waals surface area contributed by atoms with Crippen LogP contribution in [0.2, 0.25) is 0 Å². The fraction of sp³-hybridized carbons (Fsp3) is 0.150. The number of thioether (sulfide) groups is 1. The van der Waals surface area contributed by atoms with E-state index in [0.29, 0.717) is 16.9 Å². The van der Waals surface area contributed by atoms with E-state index < -0.39 is 0 Å². The Morgan fingerprint density at radius 3 is 2.68 bits per heavy atom. The third kappa shape index (κ3) is 4.02. The number of aromatic nitrogens is 3. The molecule has 2 aromatic heterocycles. The first-order valence-corrected chi connectivity index (χ1v) is 10.3. The Hall–Kier alpha value is -2.84. The van der Waals surface area contributed by atoms with Gasteiger partial charge in [-0.3, -0.25) is 0 Å². The molecule has 4 aromatic rings. The van der Waals surface area contributed by atoms with Crippen molar-refractivity contribution in [2.75, 3.05) is 14.2 Å². The van der Waals surface area contributed by atoms with Crippen LogP contribution >= 0.6 is 23.1 Å². The Balaban J connectivity index is 1.45. The largest absolute Gasteiger partial charge is 0.497 e. The highest BCUT2D eigenvalue weighted by molar-refractivity contribution is 7.98. The highest BCUT2D eigenvalue weighted by Crippen LogP contribution is 2.36. The van der Waals surface area contributed by atoms with Gasteiger partial charge in [0.1, 0.15) is 16.5 Å². The molecule has 0 atom stereocenters. The van der Waals surface area contributed by atoms with Crippen molar-refractivity contribution in [2.24, 2.45) is 0 Å². The van der Waals surface area contributed by atoms with E-state index >= 15 is 0 Å². The fourth-order valence-electron chi connectivity index (χ4n) is 2.57. The third-order valence-electron chi connectivity index (χ3n) is 3.96. The summed E-state index contributed by atoms with van der Waals surface area (Å²) >= 11 is 3.04. The van der Waals surface area contributed by atoms with Gasteiger partial charge in [0.15, 0.2) is 0 Å². The topological polar surface area (TPSA) is 70.3 Å². The average Bonchev–Trinajstić information content (AvgIpc) is 3.42. The van der Waals surface area contributed by atoms with Gasteiger partial charge in [0.25, 0.3) is 5.22 Å². The number of hydrogen-bond acceptors (Lipinski definition) is 8. The van der Waals surface area contributed by atoms with Gasteiger partial charge in [0.05, 0.1) is 25.5 Å². The second-order valence-corrected chi connectivity index (χ2v) is 7.52. The van der Waals surface area contributed by atoms with Crippen molar-refractivity contribution < 1.29 is 13.9 Å². The summed E-state index contributed by atoms with van der Waals surface area (Å²) in [7, 11) is 3.27. The lowest BCUT2D eigenvalue weighted by molar-refractivity contribution is 0.395. The van der Waals surface area contributed by atoms with E-state index in [1.165, 1.54) is 11.8 Å². The van der Waals surface area contributed by atoms with Crippen molar-refractivity contribution in [2.45, 2.75) is 11.0 Å². The van der Waals surface area contributed by atoms with Crippen LogP contribution in [0, 0.1) is 0 Å². The molecule has 0 amide bonds. The van der Waals surface area contributed by atoms with Gasteiger partial charge < -0.3 is 13.9 Å². The second kappa shape index (κ2) is 8.45. The number of ether oxygens (including phenoxy) is 2. The molecule has 2 heterocycles. The minimum absolute atomic E-state index is 0.519. The molecule has 0 radical (unpaired) electrons. The summed E-state index contributed by atoms with van der Waals surface area (Å²) in [4.78, 5) is 4.71. The van der Waals surface area contributed by atoms with Gasteiger partial charge in [0, 0.05) is 22.8 Å². The van der Waals surface area contributed by atoms with Crippen LogP contribution in [-0.4, -0.2) is 29.4 Å². The number of rotatable bonds is 7. The highest BCUT2D eigenvalue weighted by Gasteiger charge is 2.13. The summed E-state index contributed by atoms with van der Waals surface area (Å²) in [6.45, 7) is 0. The summed E-state index contributed by atoms with van der Waals surface area (Å²) in [5.74, 6) is 2.65. The first-order valence-electron chi connectivity index (χ1n) is 8.45. The van der Waals surface area contributed by atoms with Crippen molar-refractivity contribution in [3.8, 4) is 33.5 Å². The summed E-state index contributed by atoms with van der Waals surface area (Å²) in [6.07, 6.45) is 0. The normalized spacial score (nSPS) is 10.8. The Morgan fingerprint density at radius 2 is 1.89 bits per heavy atom. The van der Waals surface area contributed by atoms with Crippen molar-refractivity contribution >= 4 is 23.1 Å². The smallest absolute Gasteiger partial charge is 0.277 e. The number of thiazole rings is 1. The maximum Gasteiger partial charge on any atom is 0.277 e. The Morgan fingerprint density at radius 1 is 1.04 bits per heavy atom. The molecule has 0 fully saturated rings. The van der Waals surface area contributed by atoms with Crippen LogP contribution < -0.4 is 9.47 Å². The van der Waals surface area contributed by atoms with Gasteiger partial charge in [-0.2, -0.15) is 0 Å². The Labute approximate surface area is 170 Å². The lowest BCUT2D eigenvalue weighted by atomic mass is 10.2. The van der Waals surface area contributed by atoms with Gasteiger partial charge in [-0.1, -0.05) is 30.0 Å². The van der Waals surface area contributed by atoms with Crippen LogP contribution in [0.3, 0.4) is 0 Å². The van der Waals surface area contributed by atoms with Crippen LogP contribution in [0.1, 0.15) is 5.69 Å². The quantitative estimate of drug-likeness (QED) is 0.389. The van der Waals surface area contributed by atoms with E-state index in [4.69, 9.17) is 18.9 Å². The fourth-order valence-corrected chi connectivity index (χ4v) is 4.18. The minimum atomic E-state index is 0.519. The molecule has 0 unspecified atom stereocenters. The molecule has 28 heavy (non-hydrogen) atoms. The molecule has 142 valence electrons. The molecular weight excluding hydrogens is 394 g/mol. The molecule has 6 nitrogen and oxygen atoms in total. The van der Waals surface area contributed by atoms with Gasteiger partial charge >= 0.3 is 0 Å². The van der Waals surface area contributed by atoms with E-state index in [9.17, 15) is 0 Å². The molecule has 0 spiro atoms. The number of nitrogens with zero attached hydrogens (tertiary/aromatic N) is 3. The zero-order chi connectivity index (χ0) is 19.3. The van der Waals surface area contributed by atoms with Crippen molar-refractivity contribution in [3.05, 3.63) is 59.6 Å². The zero-order valence-corrected chi connectivity index (χ0v) is 16.9. The van der Waals surface area contributed by atoms with Crippen LogP contribution in [0.4, 0.5) is 0 Å². The summed E-state index contributed by atoms with van der Waals surface area (Å²) in [5.41, 5.74) is 2.79. The molecule has 0 aliphatic carbocycles. The molecule has 0 aliphatic heterocycles. The molecule has 0 N–H and O–H groups in total. The van der Waals surface area contributed by atoms with E-state index in [2.05, 4.69) is 10.2 Å². The number of benzene rings is 2. The first-order chi connectivity index (χ1) is 13.8. The van der Waals surface area contributed by atoms with E-state index in [0.717, 1.165) is 33.3 Å². The summed E-state index contributed by atoms with van der Waals surface area (Å²) in [5, 5.41) is 11.7. The van der Waals surface area contributed by atoms with Crippen LogP contribution in [-0.2, 0) is 5.75 Å². The number of hydrogen-bond donors (Lipinski definition) is 0. The van der Waals surface area contributed by atoms with E-state index in [-0.39, 0.29) is 0 Å². The molecular formula is C20H17N3O3S2. The Kier molecular flexibility index (Phi) is 5.59. The predicted octanol–water partition coefficient (Wildman–Crippen LogP) is 5.17. The molecule has 0 bridgehead atoms. The van der Waals surface area contributed by atoms with Gasteiger partial charge in [-0.25, -0.2) is 4.98 Å². The Bertz CT molecular complexity index is 1060. The highest BCUT2D eigenvalue weighted by atomic mass is 32.2. The van der Waals surface area contributed by atoms with E-state index in [1.807, 2.05) is 53.9 Å². The van der Waals surface area contributed by atoms with Crippen LogP contribution in [0.25, 0.3) is 22.0 Å². The van der Waals surface area contributed by atoms with Gasteiger partial charge in [-0.05, 0) is 24.3 Å². The molecule has 0 saturated heterocycles. The maximum absolute atomic E-state index is 5.73. The second-order valence-electron chi connectivity index (χ2n) is 5.74. The van der Waals surface area contributed by atoms with Crippen molar-refractivity contribution in [3.63, 3.8) is 0 Å². The third-order valence-corrected chi connectivity index (χ3v) is 5.74. The van der Waals surface area contributed by atoms with E-state index in [1.54, 1.807) is 25.6 Å². The average molecular weight is 412 g/mol. The number of methoxy groups -OCH3 is 2. The zero-order valence-electron chi connectivity index (χ0n) is 15.3. The lowest BCUT2D eigenvalue weighted by Gasteiger charge is -2.08. The molecule has 0 saturated carbocycles. The standard InChI is InChI=1S/C20H17N3O3S2/c1-24-15-8-9-16(17(10-15)25-2)19-21-14(11-27-19)12-28-20-23-22-18(26-20)13-6-4-3-5-7-13/h3-11H,12H2,1-2H3. The molecule has 8 heteroatoms.